The molecule has 14 heavy (non-hydrogen) atoms. The summed E-state index contributed by atoms with van der Waals surface area (Å²) in [6.07, 6.45) is 0. The van der Waals surface area contributed by atoms with Gasteiger partial charge in [0.1, 0.15) is 0 Å². The van der Waals surface area contributed by atoms with E-state index < -0.39 is 11.6 Å². The molecule has 1 aromatic rings. The molecule has 0 amide bonds. The van der Waals surface area contributed by atoms with Gasteiger partial charge < -0.3 is 11.1 Å². The monoisotopic (exact) mass is 200 g/mol. The fourth-order valence-electron chi connectivity index (χ4n) is 1.31. The first-order valence-electron chi connectivity index (χ1n) is 4.57. The van der Waals surface area contributed by atoms with E-state index in [-0.39, 0.29) is 6.04 Å². The molecule has 0 saturated heterocycles. The summed E-state index contributed by atoms with van der Waals surface area (Å²) in [6.45, 7) is 3.03. The molecule has 0 aliphatic carbocycles. The number of hydrogen-bond acceptors (Lipinski definition) is 2. The molecule has 3 N–H and O–H groups in total. The Kier molecular flexibility index (Phi) is 3.98. The van der Waals surface area contributed by atoms with Gasteiger partial charge in [0.25, 0.3) is 0 Å². The Hall–Kier alpha value is -1.00. The van der Waals surface area contributed by atoms with Crippen LogP contribution in [0, 0.1) is 11.6 Å². The molecule has 0 spiro atoms. The topological polar surface area (TPSA) is 38.0 Å². The lowest BCUT2D eigenvalue weighted by Gasteiger charge is -2.15. The fraction of sp³-hybridized carbons (Fsp3) is 0.400. The highest BCUT2D eigenvalue weighted by Crippen LogP contribution is 2.15. The molecule has 78 valence electrons. The van der Waals surface area contributed by atoms with Crippen LogP contribution in [0.1, 0.15) is 18.5 Å². The molecule has 1 rings (SSSR count). The van der Waals surface area contributed by atoms with Crippen molar-refractivity contribution in [3.8, 4) is 0 Å². The second kappa shape index (κ2) is 5.02. The van der Waals surface area contributed by atoms with E-state index in [9.17, 15) is 8.78 Å². The van der Waals surface area contributed by atoms with Gasteiger partial charge in [-0.15, -0.1) is 0 Å². The molecule has 1 aromatic carbocycles. The van der Waals surface area contributed by atoms with Crippen LogP contribution in [-0.2, 0) is 0 Å². The third kappa shape index (κ3) is 2.49. The van der Waals surface area contributed by atoms with E-state index in [2.05, 4.69) is 5.32 Å². The van der Waals surface area contributed by atoms with Gasteiger partial charge in [-0.2, -0.15) is 0 Å². The van der Waals surface area contributed by atoms with Crippen LogP contribution >= 0.6 is 0 Å². The molecular formula is C10H14F2N2. The van der Waals surface area contributed by atoms with Crippen molar-refractivity contribution in [2.45, 2.75) is 13.0 Å². The number of likely N-dealkylation sites (N-methyl/N-ethyl adjacent to an activating group) is 1. The zero-order valence-electron chi connectivity index (χ0n) is 8.06. The average Bonchev–Trinajstić information content (AvgIpc) is 2.19. The molecular weight excluding hydrogens is 186 g/mol. The van der Waals surface area contributed by atoms with Gasteiger partial charge >= 0.3 is 0 Å². The Bertz CT molecular complexity index is 302. The Balaban J connectivity index is 2.88. The van der Waals surface area contributed by atoms with E-state index >= 15 is 0 Å². The molecule has 0 aromatic heterocycles. The predicted octanol–water partition coefficient (Wildman–Crippen LogP) is 1.57. The molecule has 1 atom stereocenters. The van der Waals surface area contributed by atoms with Crippen LogP contribution in [0.15, 0.2) is 18.2 Å². The van der Waals surface area contributed by atoms with Crippen LogP contribution in [-0.4, -0.2) is 13.1 Å². The first-order chi connectivity index (χ1) is 6.69. The second-order valence-electron chi connectivity index (χ2n) is 3.02. The van der Waals surface area contributed by atoms with Gasteiger partial charge in [0.05, 0.1) is 0 Å². The SMILES string of the molecule is CCNC(CN)c1ccc(F)c(F)c1. The van der Waals surface area contributed by atoms with Crippen molar-refractivity contribution in [1.82, 2.24) is 5.32 Å². The number of nitrogens with two attached hydrogens (primary N) is 1. The smallest absolute Gasteiger partial charge is 0.159 e. The van der Waals surface area contributed by atoms with Crippen molar-refractivity contribution in [3.05, 3.63) is 35.4 Å². The predicted molar refractivity (Wildman–Crippen MR) is 51.8 cm³/mol. The van der Waals surface area contributed by atoms with Gasteiger partial charge in [-0.3, -0.25) is 0 Å². The van der Waals surface area contributed by atoms with Gasteiger partial charge in [-0.25, -0.2) is 8.78 Å². The normalized spacial score (nSPS) is 12.9. The Labute approximate surface area is 82.1 Å². The zero-order chi connectivity index (χ0) is 10.6. The summed E-state index contributed by atoms with van der Waals surface area (Å²) in [5.74, 6) is -1.67. The minimum absolute atomic E-state index is 0.116. The van der Waals surface area contributed by atoms with Crippen molar-refractivity contribution in [2.24, 2.45) is 5.73 Å². The highest BCUT2D eigenvalue weighted by Gasteiger charge is 2.10. The molecule has 4 heteroatoms. The number of rotatable bonds is 4. The number of halogens is 2. The zero-order valence-corrected chi connectivity index (χ0v) is 8.06. The van der Waals surface area contributed by atoms with E-state index in [4.69, 9.17) is 5.73 Å². The maximum Gasteiger partial charge on any atom is 0.159 e. The standard InChI is InChI=1S/C10H14F2N2/c1-2-14-10(6-13)7-3-4-8(11)9(12)5-7/h3-5,10,14H,2,6,13H2,1H3. The fourth-order valence-corrected chi connectivity index (χ4v) is 1.31. The maximum absolute atomic E-state index is 12.9. The third-order valence-electron chi connectivity index (χ3n) is 2.03. The summed E-state index contributed by atoms with van der Waals surface area (Å²) in [6, 6.07) is 3.72. The molecule has 0 aliphatic heterocycles. The highest BCUT2D eigenvalue weighted by molar-refractivity contribution is 5.21. The highest BCUT2D eigenvalue weighted by atomic mass is 19.2. The van der Waals surface area contributed by atoms with E-state index in [0.717, 1.165) is 12.6 Å². The van der Waals surface area contributed by atoms with Gasteiger partial charge in [-0.1, -0.05) is 13.0 Å². The number of hydrogen-bond donors (Lipinski definition) is 2. The van der Waals surface area contributed by atoms with Crippen molar-refractivity contribution < 1.29 is 8.78 Å². The molecule has 1 unspecified atom stereocenters. The van der Waals surface area contributed by atoms with Gasteiger partial charge in [0.2, 0.25) is 0 Å². The van der Waals surface area contributed by atoms with Crippen molar-refractivity contribution in [1.29, 1.82) is 0 Å². The summed E-state index contributed by atoms with van der Waals surface area (Å²) in [5, 5.41) is 3.08. The van der Waals surface area contributed by atoms with Gasteiger partial charge in [0.15, 0.2) is 11.6 Å². The molecule has 0 saturated carbocycles. The third-order valence-corrected chi connectivity index (χ3v) is 2.03. The second-order valence-corrected chi connectivity index (χ2v) is 3.02. The quantitative estimate of drug-likeness (QED) is 0.774. The summed E-state index contributed by atoms with van der Waals surface area (Å²) in [5.41, 5.74) is 6.17. The van der Waals surface area contributed by atoms with E-state index in [1.807, 2.05) is 6.92 Å². The molecule has 0 heterocycles. The van der Waals surface area contributed by atoms with E-state index in [0.29, 0.717) is 12.1 Å². The molecule has 0 bridgehead atoms. The maximum atomic E-state index is 12.9. The van der Waals surface area contributed by atoms with Crippen molar-refractivity contribution in [3.63, 3.8) is 0 Å². The van der Waals surface area contributed by atoms with E-state index in [1.54, 1.807) is 6.07 Å². The molecule has 0 aliphatic rings. The van der Waals surface area contributed by atoms with Crippen molar-refractivity contribution >= 4 is 0 Å². The number of benzene rings is 1. The summed E-state index contributed by atoms with van der Waals surface area (Å²) in [7, 11) is 0. The number of nitrogens with one attached hydrogen (secondary N) is 1. The van der Waals surface area contributed by atoms with Crippen LogP contribution < -0.4 is 11.1 Å². The van der Waals surface area contributed by atoms with Crippen molar-refractivity contribution in [2.75, 3.05) is 13.1 Å². The van der Waals surface area contributed by atoms with Gasteiger partial charge in [0, 0.05) is 12.6 Å². The summed E-state index contributed by atoms with van der Waals surface area (Å²) in [4.78, 5) is 0. The first-order valence-corrected chi connectivity index (χ1v) is 4.57. The lowest BCUT2D eigenvalue weighted by Crippen LogP contribution is -2.28. The Morgan fingerprint density at radius 3 is 2.57 bits per heavy atom. The van der Waals surface area contributed by atoms with Crippen LogP contribution in [0.2, 0.25) is 0 Å². The minimum Gasteiger partial charge on any atom is -0.329 e. The minimum atomic E-state index is -0.834. The Morgan fingerprint density at radius 2 is 2.07 bits per heavy atom. The lowest BCUT2D eigenvalue weighted by atomic mass is 10.1. The van der Waals surface area contributed by atoms with Crippen LogP contribution in [0.4, 0.5) is 8.78 Å². The van der Waals surface area contributed by atoms with Crippen LogP contribution in [0.5, 0.6) is 0 Å². The summed E-state index contributed by atoms with van der Waals surface area (Å²) < 4.78 is 25.5. The molecule has 2 nitrogen and oxygen atoms in total. The Morgan fingerprint density at radius 1 is 1.36 bits per heavy atom. The average molecular weight is 200 g/mol. The lowest BCUT2D eigenvalue weighted by molar-refractivity contribution is 0.499. The molecule has 0 radical (unpaired) electrons. The van der Waals surface area contributed by atoms with Gasteiger partial charge in [-0.05, 0) is 24.2 Å². The van der Waals surface area contributed by atoms with Crippen LogP contribution in [0.3, 0.4) is 0 Å². The molecule has 0 fully saturated rings. The largest absolute Gasteiger partial charge is 0.329 e. The first kappa shape index (κ1) is 11.1. The van der Waals surface area contributed by atoms with Crippen LogP contribution in [0.25, 0.3) is 0 Å². The summed E-state index contributed by atoms with van der Waals surface area (Å²) >= 11 is 0. The van der Waals surface area contributed by atoms with E-state index in [1.165, 1.54) is 6.07 Å².